The molecular weight excluding hydrogens is 998 g/mol. The molecule has 0 unspecified atom stereocenters. The largest absolute Gasteiger partial charge is 0.507 e. The standard InChI is InChI=1S/C62H68N3O.Pt/c1-39(2)31-40-23-28-54(50(32-40)42-19-16-15-17-20-42)65-55-22-18-21-49(56(55)64-58(65)51-37-48(61(9,10)11)38-52(57(51)66)62(12,13)14)44-33-45(35-47(34-44)60(6,7)8)53-36-43(29-30-63-53)41-24-26-46(27-25-41)59(3,4)5;/h15-30,32,34-39,66H,31H2,1-14H3;/q-1;/i9D3,10D3,11D3,12D3,13D3,14D3;. The molecule has 8 rings (SSSR count). The molecule has 0 bridgehead atoms. The van der Waals surface area contributed by atoms with Crippen molar-refractivity contribution in [2.45, 2.75) is 125 Å². The van der Waals surface area contributed by atoms with E-state index in [-0.39, 0.29) is 43.4 Å². The van der Waals surface area contributed by atoms with Crippen molar-refractivity contribution in [2.75, 3.05) is 0 Å². The van der Waals surface area contributed by atoms with E-state index in [1.54, 1.807) is 30.5 Å². The molecule has 0 spiro atoms. The normalized spacial score (nSPS) is 17.6. The summed E-state index contributed by atoms with van der Waals surface area (Å²) in [7, 11) is 0. The number of imidazole rings is 1. The molecule has 0 amide bonds. The Morgan fingerprint density at radius 3 is 1.93 bits per heavy atom. The molecule has 2 heterocycles. The second kappa shape index (κ2) is 18.5. The molecule has 4 nitrogen and oxygen atoms in total. The first kappa shape index (κ1) is 30.7. The van der Waals surface area contributed by atoms with E-state index in [0.717, 1.165) is 28.3 Å². The Balaban J connectivity index is 0.0000104. The van der Waals surface area contributed by atoms with Crippen molar-refractivity contribution in [1.82, 2.24) is 14.5 Å². The Kier molecular flexibility index (Phi) is 8.48. The molecule has 6 aromatic carbocycles. The number of fused-ring (bicyclic) bond motifs is 1. The first-order valence-corrected chi connectivity index (χ1v) is 22.2. The van der Waals surface area contributed by atoms with Crippen LogP contribution in [-0.4, -0.2) is 19.6 Å². The molecule has 67 heavy (non-hydrogen) atoms. The fourth-order valence-corrected chi connectivity index (χ4v) is 8.48. The predicted molar refractivity (Wildman–Crippen MR) is 280 cm³/mol. The maximum atomic E-state index is 13.1. The van der Waals surface area contributed by atoms with Crippen molar-refractivity contribution in [3.8, 4) is 67.5 Å². The quantitative estimate of drug-likeness (QED) is 0.154. The number of aromatic nitrogens is 3. The van der Waals surface area contributed by atoms with Crippen molar-refractivity contribution in [3.63, 3.8) is 0 Å². The third-order valence-electron chi connectivity index (χ3n) is 12.0. The second-order valence-corrected chi connectivity index (χ2v) is 19.9. The van der Waals surface area contributed by atoms with Gasteiger partial charge in [-0.3, -0.25) is 9.55 Å². The summed E-state index contributed by atoms with van der Waals surface area (Å²) >= 11 is 0. The van der Waals surface area contributed by atoms with E-state index in [0.29, 0.717) is 51.7 Å². The van der Waals surface area contributed by atoms with Gasteiger partial charge < -0.3 is 5.11 Å². The number of hydrogen-bond donors (Lipinski definition) is 1. The van der Waals surface area contributed by atoms with Crippen LogP contribution < -0.4 is 0 Å². The number of phenols is 1. The van der Waals surface area contributed by atoms with E-state index in [1.807, 2.05) is 87.5 Å². The van der Waals surface area contributed by atoms with Gasteiger partial charge >= 0.3 is 0 Å². The first-order valence-electron chi connectivity index (χ1n) is 31.2. The van der Waals surface area contributed by atoms with Gasteiger partial charge in [0.05, 0.1) is 22.3 Å². The molecule has 0 radical (unpaired) electrons. The number of phenolic OH excluding ortho intramolecular Hbond substituents is 1. The van der Waals surface area contributed by atoms with E-state index in [4.69, 9.17) is 34.6 Å². The van der Waals surface area contributed by atoms with Gasteiger partial charge in [-0.15, -0.1) is 29.3 Å². The third kappa shape index (κ3) is 10.3. The topological polar surface area (TPSA) is 50.9 Å². The van der Waals surface area contributed by atoms with Crippen LogP contribution in [0.5, 0.6) is 5.75 Å². The average molecular weight is 1080 g/mol. The van der Waals surface area contributed by atoms with Gasteiger partial charge in [0, 0.05) is 68.8 Å². The molecule has 2 aromatic heterocycles. The summed E-state index contributed by atoms with van der Waals surface area (Å²) in [5.41, 5.74) is -3.22. The number of benzene rings is 6. The summed E-state index contributed by atoms with van der Waals surface area (Å²) in [5, 5.41) is 13.1. The zero-order valence-corrected chi connectivity index (χ0v) is 41.4. The number of para-hydroxylation sites is 1. The maximum Gasteiger partial charge on any atom is 0.148 e. The zero-order chi connectivity index (χ0) is 62.5. The number of aromatic hydroxyl groups is 1. The van der Waals surface area contributed by atoms with Gasteiger partial charge in [-0.1, -0.05) is 193 Å². The smallest absolute Gasteiger partial charge is 0.148 e. The molecule has 0 aliphatic rings. The molecule has 0 saturated carbocycles. The van der Waals surface area contributed by atoms with E-state index in [9.17, 15) is 5.11 Å². The molecule has 0 saturated heterocycles. The summed E-state index contributed by atoms with van der Waals surface area (Å²) in [6, 6.07) is 40.7. The first-order chi connectivity index (χ1) is 38.5. The molecule has 0 atom stereocenters. The van der Waals surface area contributed by atoms with Crippen molar-refractivity contribution in [2.24, 2.45) is 5.92 Å². The van der Waals surface area contributed by atoms with Crippen LogP contribution in [-0.2, 0) is 49.1 Å². The van der Waals surface area contributed by atoms with Crippen molar-refractivity contribution < 1.29 is 50.8 Å². The molecule has 348 valence electrons. The molecule has 5 heteroatoms. The molecule has 0 aliphatic carbocycles. The van der Waals surface area contributed by atoms with Gasteiger partial charge in [-0.05, 0) is 97.7 Å². The van der Waals surface area contributed by atoms with Gasteiger partial charge in [-0.25, -0.2) is 4.98 Å². The van der Waals surface area contributed by atoms with Crippen molar-refractivity contribution in [3.05, 3.63) is 167 Å². The Morgan fingerprint density at radius 1 is 0.597 bits per heavy atom. The Hall–Kier alpha value is -5.57. The van der Waals surface area contributed by atoms with E-state index < -0.39 is 85.6 Å². The van der Waals surface area contributed by atoms with Gasteiger partial charge in [0.15, 0.2) is 0 Å². The summed E-state index contributed by atoms with van der Waals surface area (Å²) in [6.45, 7) is -7.85. The Labute approximate surface area is 440 Å². The van der Waals surface area contributed by atoms with Gasteiger partial charge in [0.25, 0.3) is 0 Å². The summed E-state index contributed by atoms with van der Waals surface area (Å²) in [4.78, 5) is 10.0. The number of rotatable bonds is 8. The molecule has 1 N–H and O–H groups in total. The van der Waals surface area contributed by atoms with Crippen molar-refractivity contribution >= 4 is 11.0 Å². The maximum absolute atomic E-state index is 13.1. The van der Waals surface area contributed by atoms with Gasteiger partial charge in [0.1, 0.15) is 11.6 Å². The van der Waals surface area contributed by atoms with Crippen LogP contribution in [0, 0.1) is 12.0 Å². The number of hydrogen-bond acceptors (Lipinski definition) is 3. The molecular formula is C62H68N3OPt-. The van der Waals surface area contributed by atoms with Crippen LogP contribution in [0.4, 0.5) is 0 Å². The summed E-state index contributed by atoms with van der Waals surface area (Å²) in [5.74, 6) is -1.56. The fourth-order valence-electron chi connectivity index (χ4n) is 8.48. The molecule has 8 aromatic rings. The van der Waals surface area contributed by atoms with Crippen LogP contribution in [0.15, 0.2) is 134 Å². The predicted octanol–water partition coefficient (Wildman–Crippen LogP) is 16.6. The van der Waals surface area contributed by atoms with Crippen LogP contribution in [0.25, 0.3) is 72.7 Å². The fraction of sp³-hybridized carbons (Fsp3) is 0.323. The summed E-state index contributed by atoms with van der Waals surface area (Å²) in [6.07, 6.45) is 2.35. The Morgan fingerprint density at radius 2 is 1.27 bits per heavy atom. The van der Waals surface area contributed by atoms with Crippen LogP contribution >= 0.6 is 0 Å². The van der Waals surface area contributed by atoms with E-state index >= 15 is 0 Å². The van der Waals surface area contributed by atoms with Crippen LogP contribution in [0.3, 0.4) is 0 Å². The van der Waals surface area contributed by atoms with Gasteiger partial charge in [-0.2, -0.15) is 0 Å². The number of nitrogens with zero attached hydrogens (tertiary/aromatic N) is 3. The third-order valence-corrected chi connectivity index (χ3v) is 12.0. The van der Waals surface area contributed by atoms with Gasteiger partial charge in [0.2, 0.25) is 0 Å². The monoisotopic (exact) mass is 1080 g/mol. The minimum Gasteiger partial charge on any atom is -0.507 e. The van der Waals surface area contributed by atoms with Crippen LogP contribution in [0.1, 0.15) is 149 Å². The van der Waals surface area contributed by atoms with E-state index in [1.165, 1.54) is 10.1 Å². The second-order valence-electron chi connectivity index (χ2n) is 19.9. The van der Waals surface area contributed by atoms with E-state index in [2.05, 4.69) is 65.0 Å². The molecule has 0 aliphatic heterocycles. The summed E-state index contributed by atoms with van der Waals surface area (Å²) < 4.78 is 160. The van der Waals surface area contributed by atoms with Crippen molar-refractivity contribution in [1.29, 1.82) is 0 Å². The Bertz CT molecular complexity index is 3670. The average Bonchev–Trinajstić information content (AvgIpc) is 1.26. The minimum atomic E-state index is -4.14. The zero-order valence-electron chi connectivity index (χ0n) is 57.1. The molecule has 0 fully saturated rings. The van der Waals surface area contributed by atoms with Crippen LogP contribution in [0.2, 0.25) is 0 Å². The number of pyridine rings is 1. The SMILES string of the molecule is [2H]C([2H])([2H])C(c1cc(-c2nc3c(-c4[c-]c(-c5cc(-c6ccc(C(C)(C)C)cc6)ccn5)cc(C(C)(C)C)c4)cccc3n2-c2ccc(CC(C)C)cc2-c2ccccc2)c(O)c(C(C([2H])([2H])[2H])(C([2H])([2H])[2H])C([2H])([2H])[2H])c1)(C([2H])([2H])[2H])C([2H])([2H])[2H].[Pt]. The minimum absolute atomic E-state index is 0.